The van der Waals surface area contributed by atoms with Crippen molar-refractivity contribution in [2.45, 2.75) is 26.7 Å². The Balaban J connectivity index is 2.51. The van der Waals surface area contributed by atoms with Crippen LogP contribution in [0.5, 0.6) is 0 Å². The Morgan fingerprint density at radius 1 is 1.29 bits per heavy atom. The van der Waals surface area contributed by atoms with E-state index in [1.807, 2.05) is 12.2 Å². The van der Waals surface area contributed by atoms with E-state index in [2.05, 4.69) is 62.9 Å². The van der Waals surface area contributed by atoms with Crippen LogP contribution in [0.15, 0.2) is 66.8 Å². The van der Waals surface area contributed by atoms with Gasteiger partial charge in [0.25, 0.3) is 0 Å². The largest absolute Gasteiger partial charge is 0.0991 e. The summed E-state index contributed by atoms with van der Waals surface area (Å²) in [5.74, 6) is 0.665. The average molecular weight is 226 g/mol. The van der Waals surface area contributed by atoms with E-state index < -0.39 is 0 Å². The molecule has 0 amide bonds. The zero-order chi connectivity index (χ0) is 12.5. The van der Waals surface area contributed by atoms with Crippen molar-refractivity contribution in [2.75, 3.05) is 0 Å². The molecule has 0 spiro atoms. The summed E-state index contributed by atoms with van der Waals surface area (Å²) in [7, 11) is 0. The first-order valence-electron chi connectivity index (χ1n) is 6.24. The van der Waals surface area contributed by atoms with Crippen LogP contribution >= 0.6 is 0 Å². The van der Waals surface area contributed by atoms with Crippen LogP contribution in [0.3, 0.4) is 0 Å². The second-order valence-corrected chi connectivity index (χ2v) is 4.46. The summed E-state index contributed by atoms with van der Waals surface area (Å²) in [5.41, 5.74) is 2.80. The minimum absolute atomic E-state index is 0.665. The number of hydrogen-bond acceptors (Lipinski definition) is 0. The molecule has 0 aromatic heterocycles. The number of hydrogen-bond donors (Lipinski definition) is 0. The number of allylic oxidation sites excluding steroid dienone is 5. The molecule has 0 aliphatic carbocycles. The Kier molecular flexibility index (Phi) is 6.09. The quantitative estimate of drug-likeness (QED) is 0.602. The summed E-state index contributed by atoms with van der Waals surface area (Å²) >= 11 is 0. The normalized spacial score (nSPS) is 13.9. The summed E-state index contributed by atoms with van der Waals surface area (Å²) in [6.07, 6.45) is 10.4. The molecule has 0 N–H and O–H groups in total. The molecule has 0 aliphatic rings. The maximum atomic E-state index is 3.70. The predicted octanol–water partition coefficient (Wildman–Crippen LogP) is 4.94. The molecule has 1 rings (SSSR count). The van der Waals surface area contributed by atoms with Gasteiger partial charge in [0.15, 0.2) is 0 Å². The molecule has 0 nitrogen and oxygen atoms in total. The Labute approximate surface area is 105 Å². The van der Waals surface area contributed by atoms with Gasteiger partial charge in [-0.2, -0.15) is 0 Å². The molecule has 17 heavy (non-hydrogen) atoms. The van der Waals surface area contributed by atoms with Crippen LogP contribution in [-0.2, 0) is 6.42 Å². The molecular weight excluding hydrogens is 204 g/mol. The van der Waals surface area contributed by atoms with Crippen molar-refractivity contribution in [3.63, 3.8) is 0 Å². The van der Waals surface area contributed by atoms with Crippen LogP contribution in [0.1, 0.15) is 25.8 Å². The van der Waals surface area contributed by atoms with Crippen molar-refractivity contribution in [3.05, 3.63) is 72.4 Å². The van der Waals surface area contributed by atoms with Gasteiger partial charge < -0.3 is 0 Å². The van der Waals surface area contributed by atoms with Gasteiger partial charge in [-0.25, -0.2) is 0 Å². The van der Waals surface area contributed by atoms with Gasteiger partial charge in [0.2, 0.25) is 0 Å². The lowest BCUT2D eigenvalue weighted by molar-refractivity contribution is 0.579. The molecule has 1 unspecified atom stereocenters. The first-order chi connectivity index (χ1) is 8.26. The molecule has 0 saturated heterocycles. The maximum absolute atomic E-state index is 3.70. The lowest BCUT2D eigenvalue weighted by Gasteiger charge is -2.12. The van der Waals surface area contributed by atoms with Gasteiger partial charge in [-0.1, -0.05) is 73.7 Å². The van der Waals surface area contributed by atoms with Crippen LogP contribution in [-0.4, -0.2) is 0 Å². The average Bonchev–Trinajstić information content (AvgIpc) is 2.35. The van der Waals surface area contributed by atoms with E-state index in [0.29, 0.717) is 5.92 Å². The van der Waals surface area contributed by atoms with E-state index in [1.165, 1.54) is 11.1 Å². The summed E-state index contributed by atoms with van der Waals surface area (Å²) < 4.78 is 0. The summed E-state index contributed by atoms with van der Waals surface area (Å²) in [4.78, 5) is 0. The van der Waals surface area contributed by atoms with Crippen molar-refractivity contribution >= 4 is 0 Å². The van der Waals surface area contributed by atoms with E-state index in [1.54, 1.807) is 0 Å². The highest BCUT2D eigenvalue weighted by Gasteiger charge is 2.04. The van der Waals surface area contributed by atoms with Crippen molar-refractivity contribution in [2.24, 2.45) is 5.92 Å². The van der Waals surface area contributed by atoms with Crippen LogP contribution < -0.4 is 0 Å². The molecule has 0 aliphatic heterocycles. The lowest BCUT2D eigenvalue weighted by atomic mass is 9.94. The van der Waals surface area contributed by atoms with Crippen molar-refractivity contribution in [1.82, 2.24) is 0 Å². The van der Waals surface area contributed by atoms with Crippen LogP contribution in [0, 0.1) is 5.92 Å². The Hall–Kier alpha value is -1.56. The molecule has 0 heteroatoms. The van der Waals surface area contributed by atoms with E-state index in [0.717, 1.165) is 12.8 Å². The summed E-state index contributed by atoms with van der Waals surface area (Å²) in [6, 6.07) is 10.7. The molecule has 1 aromatic carbocycles. The third-order valence-corrected chi connectivity index (χ3v) is 2.83. The third-order valence-electron chi connectivity index (χ3n) is 2.83. The minimum atomic E-state index is 0.665. The summed E-state index contributed by atoms with van der Waals surface area (Å²) in [5, 5.41) is 0. The monoisotopic (exact) mass is 226 g/mol. The van der Waals surface area contributed by atoms with Gasteiger partial charge in [0.1, 0.15) is 0 Å². The lowest BCUT2D eigenvalue weighted by Crippen LogP contribution is -2.00. The van der Waals surface area contributed by atoms with Crippen LogP contribution in [0.25, 0.3) is 0 Å². The number of rotatable bonds is 6. The van der Waals surface area contributed by atoms with E-state index in [9.17, 15) is 0 Å². The van der Waals surface area contributed by atoms with Crippen LogP contribution in [0.4, 0.5) is 0 Å². The molecular formula is C17H22. The van der Waals surface area contributed by atoms with Gasteiger partial charge in [-0.15, -0.1) is 0 Å². The molecule has 1 atom stereocenters. The van der Waals surface area contributed by atoms with Crippen molar-refractivity contribution in [3.8, 4) is 0 Å². The molecule has 1 aromatic rings. The van der Waals surface area contributed by atoms with Gasteiger partial charge in [-0.05, 0) is 31.2 Å². The standard InChI is InChI=1S/C17H22/c1-4-6-10-16(5-2)13-15(3)14-17-11-8-7-9-12-17/h4-12,15H,1,13-14H2,2-3H3/b10-6-,16-5+. The minimum Gasteiger partial charge on any atom is -0.0991 e. The van der Waals surface area contributed by atoms with Gasteiger partial charge in [0, 0.05) is 0 Å². The fraction of sp³-hybridized carbons (Fsp3) is 0.294. The molecule has 0 radical (unpaired) electrons. The van der Waals surface area contributed by atoms with Crippen molar-refractivity contribution in [1.29, 1.82) is 0 Å². The molecule has 0 saturated carbocycles. The van der Waals surface area contributed by atoms with Gasteiger partial charge in [-0.3, -0.25) is 0 Å². The zero-order valence-corrected chi connectivity index (χ0v) is 10.9. The Bertz CT molecular complexity index is 382. The second-order valence-electron chi connectivity index (χ2n) is 4.46. The first kappa shape index (κ1) is 13.5. The number of benzene rings is 1. The molecule has 0 fully saturated rings. The Morgan fingerprint density at radius 3 is 2.59 bits per heavy atom. The van der Waals surface area contributed by atoms with E-state index in [-0.39, 0.29) is 0 Å². The zero-order valence-electron chi connectivity index (χ0n) is 10.9. The fourth-order valence-electron chi connectivity index (χ4n) is 1.96. The predicted molar refractivity (Wildman–Crippen MR) is 77.0 cm³/mol. The van der Waals surface area contributed by atoms with Gasteiger partial charge >= 0.3 is 0 Å². The fourth-order valence-corrected chi connectivity index (χ4v) is 1.96. The highest BCUT2D eigenvalue weighted by atomic mass is 14.1. The summed E-state index contributed by atoms with van der Waals surface area (Å²) in [6.45, 7) is 8.10. The highest BCUT2D eigenvalue weighted by molar-refractivity contribution is 5.22. The van der Waals surface area contributed by atoms with Crippen LogP contribution in [0.2, 0.25) is 0 Å². The van der Waals surface area contributed by atoms with E-state index >= 15 is 0 Å². The molecule has 0 heterocycles. The molecule has 90 valence electrons. The topological polar surface area (TPSA) is 0 Å². The second kappa shape index (κ2) is 7.67. The highest BCUT2D eigenvalue weighted by Crippen LogP contribution is 2.17. The van der Waals surface area contributed by atoms with E-state index in [4.69, 9.17) is 0 Å². The SMILES string of the molecule is C=C/C=C\C(=C/C)CC(C)Cc1ccccc1. The third kappa shape index (κ3) is 5.35. The van der Waals surface area contributed by atoms with Crippen molar-refractivity contribution < 1.29 is 0 Å². The van der Waals surface area contributed by atoms with Gasteiger partial charge in [0.05, 0.1) is 0 Å². The smallest absolute Gasteiger partial charge is 0.0250 e. The first-order valence-corrected chi connectivity index (χ1v) is 6.24. The maximum Gasteiger partial charge on any atom is -0.0250 e. The molecule has 0 bridgehead atoms. The Morgan fingerprint density at radius 2 is 2.00 bits per heavy atom.